The Morgan fingerprint density at radius 2 is 1.82 bits per heavy atom. The Kier molecular flexibility index (Phi) is 7.24. The van der Waals surface area contributed by atoms with Gasteiger partial charge < -0.3 is 9.80 Å². The average Bonchev–Trinajstić information content (AvgIpc) is 3.35. The maximum Gasteiger partial charge on any atom is 0.269 e. The summed E-state index contributed by atoms with van der Waals surface area (Å²) in [4.78, 5) is 37.2. The third-order valence-corrected chi connectivity index (χ3v) is 6.88. The van der Waals surface area contributed by atoms with Gasteiger partial charge >= 0.3 is 0 Å². The van der Waals surface area contributed by atoms with E-state index in [4.69, 9.17) is 21.6 Å². The molecule has 1 amide bonds. The topological polar surface area (TPSA) is 110 Å². The Bertz CT molecular complexity index is 1480. The Balaban J connectivity index is 1.41. The van der Waals surface area contributed by atoms with E-state index in [1.54, 1.807) is 15.8 Å². The fourth-order valence-corrected chi connectivity index (χ4v) is 4.72. The normalized spacial score (nSPS) is 13.9. The first-order valence-electron chi connectivity index (χ1n) is 12.6. The molecule has 3 heterocycles. The van der Waals surface area contributed by atoms with Gasteiger partial charge in [0.25, 0.3) is 11.6 Å². The summed E-state index contributed by atoms with van der Waals surface area (Å²) in [7, 11) is 0. The van der Waals surface area contributed by atoms with Gasteiger partial charge in [-0.05, 0) is 42.7 Å². The lowest BCUT2D eigenvalue weighted by Crippen LogP contribution is -2.49. The van der Waals surface area contributed by atoms with Crippen LogP contribution in [0.25, 0.3) is 16.7 Å². The first kappa shape index (κ1) is 25.6. The van der Waals surface area contributed by atoms with E-state index in [9.17, 15) is 14.9 Å². The number of aromatic nitrogens is 4. The number of benzene rings is 2. The lowest BCUT2D eigenvalue weighted by atomic mass is 10.1. The molecule has 0 aliphatic carbocycles. The number of hydrogen-bond acceptors (Lipinski definition) is 7. The molecular weight excluding hydrogens is 506 g/mol. The number of nitrogens with zero attached hydrogens (tertiary/aromatic N) is 7. The molecule has 0 saturated carbocycles. The molecule has 11 heteroatoms. The first-order valence-corrected chi connectivity index (χ1v) is 13.0. The fourth-order valence-electron chi connectivity index (χ4n) is 4.53. The van der Waals surface area contributed by atoms with Crippen LogP contribution in [0, 0.1) is 16.0 Å². The summed E-state index contributed by atoms with van der Waals surface area (Å²) in [5, 5.41) is 17.0. The van der Waals surface area contributed by atoms with Crippen LogP contribution in [-0.4, -0.2) is 61.7 Å². The lowest BCUT2D eigenvalue weighted by molar-refractivity contribution is -0.384. The van der Waals surface area contributed by atoms with Crippen LogP contribution in [0.3, 0.4) is 0 Å². The van der Waals surface area contributed by atoms with Gasteiger partial charge in [0.05, 0.1) is 22.2 Å². The fraction of sp³-hybridized carbons (Fsp3) is 0.333. The zero-order valence-electron chi connectivity index (χ0n) is 21.2. The van der Waals surface area contributed by atoms with Crippen molar-refractivity contribution in [1.82, 2.24) is 24.6 Å². The van der Waals surface area contributed by atoms with E-state index in [0.717, 1.165) is 41.2 Å². The Morgan fingerprint density at radius 1 is 1.08 bits per heavy atom. The van der Waals surface area contributed by atoms with E-state index >= 15 is 0 Å². The quantitative estimate of drug-likeness (QED) is 0.245. The number of nitro groups is 1. The third-order valence-electron chi connectivity index (χ3n) is 6.64. The standard InChI is InChI=1S/C27H28ClN7O3/c1-18(2)6-11-24-30-25(23-17-29-34(26(23)31-24)22-5-3-4-20(28)16-22)32-12-14-33(15-13-32)27(36)19-7-9-21(10-8-19)35(37)38/h3-5,7-10,16-18H,6,11-15H2,1-2H3. The molecule has 196 valence electrons. The van der Waals surface area contributed by atoms with E-state index in [1.807, 2.05) is 24.3 Å². The van der Waals surface area contributed by atoms with Crippen molar-refractivity contribution < 1.29 is 9.72 Å². The molecule has 0 spiro atoms. The van der Waals surface area contributed by atoms with Gasteiger partial charge in [-0.3, -0.25) is 14.9 Å². The summed E-state index contributed by atoms with van der Waals surface area (Å²) in [6, 6.07) is 13.2. The smallest absolute Gasteiger partial charge is 0.269 e. The second kappa shape index (κ2) is 10.7. The number of nitro benzene ring substituents is 1. The van der Waals surface area contributed by atoms with Crippen molar-refractivity contribution in [3.8, 4) is 5.69 Å². The van der Waals surface area contributed by atoms with Crippen LogP contribution in [0.15, 0.2) is 54.7 Å². The van der Waals surface area contributed by atoms with E-state index in [0.29, 0.717) is 42.7 Å². The molecule has 1 aliphatic heterocycles. The first-order chi connectivity index (χ1) is 18.3. The van der Waals surface area contributed by atoms with Crippen molar-refractivity contribution in [2.75, 3.05) is 31.1 Å². The number of hydrogen-bond donors (Lipinski definition) is 0. The van der Waals surface area contributed by atoms with E-state index in [2.05, 4.69) is 23.8 Å². The minimum absolute atomic E-state index is 0.0364. The molecule has 0 unspecified atom stereocenters. The average molecular weight is 534 g/mol. The molecule has 10 nitrogen and oxygen atoms in total. The van der Waals surface area contributed by atoms with Crippen molar-refractivity contribution in [3.63, 3.8) is 0 Å². The number of carbonyl (C=O) groups is 1. The Hall–Kier alpha value is -4.05. The van der Waals surface area contributed by atoms with Gasteiger partial charge in [-0.1, -0.05) is 31.5 Å². The number of anilines is 1. The number of carbonyl (C=O) groups excluding carboxylic acids is 1. The van der Waals surface area contributed by atoms with Gasteiger partial charge in [0.15, 0.2) is 5.65 Å². The Morgan fingerprint density at radius 3 is 2.47 bits per heavy atom. The van der Waals surface area contributed by atoms with Crippen molar-refractivity contribution in [1.29, 1.82) is 0 Å². The minimum atomic E-state index is -0.473. The van der Waals surface area contributed by atoms with Crippen molar-refractivity contribution in [3.05, 3.63) is 81.3 Å². The van der Waals surface area contributed by atoms with Gasteiger partial charge in [0.2, 0.25) is 0 Å². The summed E-state index contributed by atoms with van der Waals surface area (Å²) in [5.41, 5.74) is 1.95. The van der Waals surface area contributed by atoms with Crippen molar-refractivity contribution in [2.45, 2.75) is 26.7 Å². The second-order valence-corrected chi connectivity index (χ2v) is 10.2. The number of halogens is 1. The van der Waals surface area contributed by atoms with Crippen LogP contribution in [0.5, 0.6) is 0 Å². The Labute approximate surface area is 225 Å². The maximum atomic E-state index is 13.0. The highest BCUT2D eigenvalue weighted by Gasteiger charge is 2.26. The molecule has 4 aromatic rings. The van der Waals surface area contributed by atoms with Gasteiger partial charge in [0, 0.05) is 55.3 Å². The number of amides is 1. The zero-order chi connectivity index (χ0) is 26.8. The van der Waals surface area contributed by atoms with E-state index in [-0.39, 0.29) is 11.6 Å². The predicted molar refractivity (Wildman–Crippen MR) is 146 cm³/mol. The zero-order valence-corrected chi connectivity index (χ0v) is 22.0. The highest BCUT2D eigenvalue weighted by atomic mass is 35.5. The van der Waals surface area contributed by atoms with Crippen molar-refractivity contribution in [2.24, 2.45) is 5.92 Å². The highest BCUT2D eigenvalue weighted by molar-refractivity contribution is 6.30. The molecule has 5 rings (SSSR count). The molecule has 0 bridgehead atoms. The molecule has 0 N–H and O–H groups in total. The summed E-state index contributed by atoms with van der Waals surface area (Å²) < 4.78 is 1.79. The summed E-state index contributed by atoms with van der Waals surface area (Å²) in [5.74, 6) is 1.95. The molecule has 2 aromatic carbocycles. The van der Waals surface area contributed by atoms with Gasteiger partial charge in [-0.25, -0.2) is 14.6 Å². The van der Waals surface area contributed by atoms with E-state index < -0.39 is 4.92 Å². The van der Waals surface area contributed by atoms with Crippen LogP contribution in [0.4, 0.5) is 11.5 Å². The van der Waals surface area contributed by atoms with Crippen LogP contribution in [-0.2, 0) is 6.42 Å². The number of rotatable bonds is 7. The molecule has 1 aliphatic rings. The molecule has 38 heavy (non-hydrogen) atoms. The second-order valence-electron chi connectivity index (χ2n) is 9.75. The molecule has 0 atom stereocenters. The number of piperazine rings is 1. The van der Waals surface area contributed by atoms with Gasteiger partial charge in [0.1, 0.15) is 11.6 Å². The minimum Gasteiger partial charge on any atom is -0.352 e. The lowest BCUT2D eigenvalue weighted by Gasteiger charge is -2.35. The summed E-state index contributed by atoms with van der Waals surface area (Å²) in [6.07, 6.45) is 3.50. The number of aryl methyl sites for hydroxylation is 1. The van der Waals surface area contributed by atoms with Gasteiger partial charge in [-0.15, -0.1) is 0 Å². The third kappa shape index (κ3) is 5.31. The van der Waals surface area contributed by atoms with Crippen LogP contribution in [0.2, 0.25) is 5.02 Å². The molecule has 1 saturated heterocycles. The molecule has 0 radical (unpaired) electrons. The van der Waals surface area contributed by atoms with Crippen LogP contribution in [0.1, 0.15) is 36.5 Å². The van der Waals surface area contributed by atoms with Gasteiger partial charge in [-0.2, -0.15) is 5.10 Å². The highest BCUT2D eigenvalue weighted by Crippen LogP contribution is 2.28. The van der Waals surface area contributed by atoms with Crippen LogP contribution >= 0.6 is 11.6 Å². The molecular formula is C27H28ClN7O3. The summed E-state index contributed by atoms with van der Waals surface area (Å²) in [6.45, 7) is 6.55. The molecule has 1 fully saturated rings. The number of fused-ring (bicyclic) bond motifs is 1. The van der Waals surface area contributed by atoms with Crippen LogP contribution < -0.4 is 4.90 Å². The number of non-ortho nitro benzene ring substituents is 1. The molecule has 2 aromatic heterocycles. The predicted octanol–water partition coefficient (Wildman–Crippen LogP) is 4.93. The summed E-state index contributed by atoms with van der Waals surface area (Å²) >= 11 is 6.24. The van der Waals surface area contributed by atoms with E-state index in [1.165, 1.54) is 24.3 Å². The largest absolute Gasteiger partial charge is 0.352 e. The maximum absolute atomic E-state index is 13.0. The SMILES string of the molecule is CC(C)CCc1nc(N2CCN(C(=O)c3ccc([N+](=O)[O-])cc3)CC2)c2cnn(-c3cccc(Cl)c3)c2n1. The monoisotopic (exact) mass is 533 g/mol. The van der Waals surface area contributed by atoms with Crippen molar-refractivity contribution >= 4 is 40.0 Å².